The molecule has 1 aliphatic rings. The van der Waals surface area contributed by atoms with Gasteiger partial charge in [-0.1, -0.05) is 75.6 Å². The number of allylic oxidation sites excluding steroid dienone is 12. The van der Waals surface area contributed by atoms with Gasteiger partial charge in [-0.15, -0.1) is 0 Å². The molecule has 0 spiro atoms. The third-order valence-corrected chi connectivity index (χ3v) is 4.31. The van der Waals surface area contributed by atoms with Crippen molar-refractivity contribution in [3.05, 3.63) is 84.1 Å². The van der Waals surface area contributed by atoms with Gasteiger partial charge in [-0.05, 0) is 49.0 Å². The summed E-state index contributed by atoms with van der Waals surface area (Å²) in [6.45, 7) is 16.6. The lowest BCUT2D eigenvalue weighted by Gasteiger charge is -2.32. The summed E-state index contributed by atoms with van der Waals surface area (Å²) in [5, 5.41) is 0. The van der Waals surface area contributed by atoms with Gasteiger partial charge in [-0.3, -0.25) is 0 Å². The van der Waals surface area contributed by atoms with E-state index in [1.165, 1.54) is 16.7 Å². The van der Waals surface area contributed by atoms with Gasteiger partial charge in [0.05, 0.1) is 0 Å². The van der Waals surface area contributed by atoms with Gasteiger partial charge >= 0.3 is 0 Å². The van der Waals surface area contributed by atoms with Crippen LogP contribution in [0.1, 0.15) is 40.5 Å². The first-order chi connectivity index (χ1) is 10.1. The molecule has 0 amide bonds. The van der Waals surface area contributed by atoms with Gasteiger partial charge in [0.15, 0.2) is 0 Å². The van der Waals surface area contributed by atoms with E-state index in [1.54, 1.807) is 0 Å². The van der Waals surface area contributed by atoms with Crippen LogP contribution in [0.15, 0.2) is 84.1 Å². The van der Waals surface area contributed by atoms with E-state index in [1.807, 2.05) is 25.2 Å². The molecule has 0 bridgehead atoms. The van der Waals surface area contributed by atoms with Gasteiger partial charge in [-0.25, -0.2) is 0 Å². The van der Waals surface area contributed by atoms with Crippen molar-refractivity contribution >= 4 is 0 Å². The van der Waals surface area contributed by atoms with Crippen molar-refractivity contribution in [1.29, 1.82) is 0 Å². The minimum Gasteiger partial charge on any atom is -0.0985 e. The lowest BCUT2D eigenvalue weighted by atomic mass is 9.71. The molecule has 0 saturated heterocycles. The normalized spacial score (nSPS) is 18.2. The summed E-state index contributed by atoms with van der Waals surface area (Å²) in [6, 6.07) is 0. The topological polar surface area (TPSA) is 0 Å². The van der Waals surface area contributed by atoms with E-state index in [2.05, 4.69) is 64.3 Å². The van der Waals surface area contributed by atoms with Crippen LogP contribution in [0.3, 0.4) is 0 Å². The first-order valence-electron chi connectivity index (χ1n) is 7.81. The number of hydrogen-bond acceptors (Lipinski definition) is 0. The van der Waals surface area contributed by atoms with Crippen molar-refractivity contribution in [1.82, 2.24) is 0 Å². The number of rotatable bonds is 7. The second kappa shape index (κ2) is 7.83. The maximum absolute atomic E-state index is 4.05. The maximum atomic E-state index is 4.05. The predicted molar refractivity (Wildman–Crippen MR) is 96.2 cm³/mol. The molecule has 1 rings (SSSR count). The third-order valence-electron chi connectivity index (χ3n) is 4.31. The Morgan fingerprint density at radius 3 is 2.24 bits per heavy atom. The highest BCUT2D eigenvalue weighted by Crippen LogP contribution is 2.50. The predicted octanol–water partition coefficient (Wildman–Crippen LogP) is 6.48. The van der Waals surface area contributed by atoms with Crippen molar-refractivity contribution in [3.8, 4) is 0 Å². The Bertz CT molecular complexity index is 541. The molecule has 0 saturated carbocycles. The SMILES string of the molecule is C=CC1=C(C=CC)C(CC)(CC)C(C=CC(=C)C=CC)=C1. The maximum Gasteiger partial charge on any atom is 0.0203 e. The van der Waals surface area contributed by atoms with Crippen LogP contribution in [0.4, 0.5) is 0 Å². The summed E-state index contributed by atoms with van der Waals surface area (Å²) < 4.78 is 0. The van der Waals surface area contributed by atoms with Crippen molar-refractivity contribution in [2.45, 2.75) is 40.5 Å². The van der Waals surface area contributed by atoms with Gasteiger partial charge in [0.1, 0.15) is 0 Å². The summed E-state index contributed by atoms with van der Waals surface area (Å²) in [5.41, 5.74) is 5.12. The van der Waals surface area contributed by atoms with Crippen molar-refractivity contribution in [2.24, 2.45) is 5.41 Å². The van der Waals surface area contributed by atoms with Gasteiger partial charge in [0.2, 0.25) is 0 Å². The molecule has 0 aromatic heterocycles. The molecule has 112 valence electrons. The Kier molecular flexibility index (Phi) is 6.42. The van der Waals surface area contributed by atoms with E-state index < -0.39 is 0 Å². The van der Waals surface area contributed by atoms with E-state index in [0.29, 0.717) is 0 Å². The van der Waals surface area contributed by atoms with Crippen LogP contribution in [-0.2, 0) is 0 Å². The second-order valence-corrected chi connectivity index (χ2v) is 5.37. The van der Waals surface area contributed by atoms with Crippen LogP contribution in [0, 0.1) is 5.41 Å². The standard InChI is InChI=1S/C21H28/c1-7-12-17(6)14-15-19-16-18(9-3)20(13-8-2)21(19,10-4)11-5/h7-9,12-16H,3,6,10-11H2,1-2,4-5H3. The van der Waals surface area contributed by atoms with E-state index in [-0.39, 0.29) is 5.41 Å². The molecule has 0 heterocycles. The lowest BCUT2D eigenvalue weighted by Crippen LogP contribution is -2.20. The molecule has 1 aliphatic carbocycles. The molecule has 0 aromatic rings. The van der Waals surface area contributed by atoms with E-state index >= 15 is 0 Å². The molecule has 0 nitrogen and oxygen atoms in total. The molecule has 0 N–H and O–H groups in total. The fourth-order valence-electron chi connectivity index (χ4n) is 3.12. The minimum atomic E-state index is 0.0999. The smallest absolute Gasteiger partial charge is 0.0203 e. The first kappa shape index (κ1) is 17.2. The zero-order valence-corrected chi connectivity index (χ0v) is 13.9. The fraction of sp³-hybridized carbons (Fsp3) is 0.333. The molecule has 0 radical (unpaired) electrons. The van der Waals surface area contributed by atoms with Crippen LogP contribution in [0.25, 0.3) is 0 Å². The zero-order chi connectivity index (χ0) is 15.9. The molecule has 0 aliphatic heterocycles. The minimum absolute atomic E-state index is 0.0999. The molecule has 0 aromatic carbocycles. The Morgan fingerprint density at radius 1 is 1.10 bits per heavy atom. The van der Waals surface area contributed by atoms with Crippen LogP contribution in [-0.4, -0.2) is 0 Å². The summed E-state index contributed by atoms with van der Waals surface area (Å²) in [4.78, 5) is 0. The number of hydrogen-bond donors (Lipinski definition) is 0. The highest BCUT2D eigenvalue weighted by atomic mass is 14.4. The van der Waals surface area contributed by atoms with Gasteiger partial charge in [-0.2, -0.15) is 0 Å². The van der Waals surface area contributed by atoms with Gasteiger partial charge in [0.25, 0.3) is 0 Å². The quantitative estimate of drug-likeness (QED) is 0.468. The summed E-state index contributed by atoms with van der Waals surface area (Å²) in [7, 11) is 0. The Hall–Kier alpha value is -1.82. The molecule has 0 heteroatoms. The molecule has 0 unspecified atom stereocenters. The third kappa shape index (κ3) is 3.44. The molecule has 0 fully saturated rings. The zero-order valence-electron chi connectivity index (χ0n) is 13.9. The van der Waals surface area contributed by atoms with Gasteiger partial charge in [0, 0.05) is 5.41 Å². The highest BCUT2D eigenvalue weighted by Gasteiger charge is 2.37. The van der Waals surface area contributed by atoms with Crippen LogP contribution < -0.4 is 0 Å². The Morgan fingerprint density at radius 2 is 1.76 bits per heavy atom. The van der Waals surface area contributed by atoms with Crippen LogP contribution in [0.2, 0.25) is 0 Å². The summed E-state index contributed by atoms with van der Waals surface area (Å²) in [5.74, 6) is 0. The fourth-order valence-corrected chi connectivity index (χ4v) is 3.12. The first-order valence-corrected chi connectivity index (χ1v) is 7.81. The lowest BCUT2D eigenvalue weighted by molar-refractivity contribution is 0.422. The molecule has 0 atom stereocenters. The van der Waals surface area contributed by atoms with Crippen LogP contribution >= 0.6 is 0 Å². The summed E-state index contributed by atoms with van der Waals surface area (Å²) >= 11 is 0. The summed E-state index contributed by atoms with van der Waals surface area (Å²) in [6.07, 6.45) is 19.1. The average molecular weight is 280 g/mol. The van der Waals surface area contributed by atoms with E-state index in [9.17, 15) is 0 Å². The van der Waals surface area contributed by atoms with Crippen LogP contribution in [0.5, 0.6) is 0 Å². The Labute approximate surface area is 130 Å². The largest absolute Gasteiger partial charge is 0.0985 e. The molecule has 21 heavy (non-hydrogen) atoms. The highest BCUT2D eigenvalue weighted by molar-refractivity contribution is 5.59. The monoisotopic (exact) mass is 280 g/mol. The van der Waals surface area contributed by atoms with E-state index in [0.717, 1.165) is 18.4 Å². The average Bonchev–Trinajstić information content (AvgIpc) is 2.79. The second-order valence-electron chi connectivity index (χ2n) is 5.37. The molecular formula is C21H28. The van der Waals surface area contributed by atoms with E-state index in [4.69, 9.17) is 0 Å². The Balaban J connectivity index is 3.28. The molecular weight excluding hydrogens is 252 g/mol. The van der Waals surface area contributed by atoms with Gasteiger partial charge < -0.3 is 0 Å². The van der Waals surface area contributed by atoms with Crippen molar-refractivity contribution < 1.29 is 0 Å². The van der Waals surface area contributed by atoms with Crippen molar-refractivity contribution in [3.63, 3.8) is 0 Å². The van der Waals surface area contributed by atoms with Crippen molar-refractivity contribution in [2.75, 3.05) is 0 Å².